The summed E-state index contributed by atoms with van der Waals surface area (Å²) in [5, 5.41) is 0. The van der Waals surface area contributed by atoms with Crippen LogP contribution in [0.2, 0.25) is 0 Å². The minimum Gasteiger partial charge on any atom is -0.330 e. The van der Waals surface area contributed by atoms with Crippen molar-refractivity contribution < 1.29 is 4.39 Å². The smallest absolute Gasteiger partial charge is 0.139 e. The molecule has 0 radical (unpaired) electrons. The highest BCUT2D eigenvalue weighted by atomic mass is 32.2. The summed E-state index contributed by atoms with van der Waals surface area (Å²) in [6, 6.07) is 8.39. The van der Waals surface area contributed by atoms with Gasteiger partial charge in [-0.3, -0.25) is 0 Å². The van der Waals surface area contributed by atoms with E-state index in [0.717, 1.165) is 28.5 Å². The van der Waals surface area contributed by atoms with Gasteiger partial charge in [-0.2, -0.15) is 0 Å². The molecule has 0 atom stereocenters. The highest BCUT2D eigenvalue weighted by Crippen LogP contribution is 2.21. The highest BCUT2D eigenvalue weighted by Gasteiger charge is 2.03. The first kappa shape index (κ1) is 14.0. The van der Waals surface area contributed by atoms with Gasteiger partial charge in [0, 0.05) is 22.7 Å². The zero-order valence-corrected chi connectivity index (χ0v) is 11.6. The van der Waals surface area contributed by atoms with Gasteiger partial charge in [-0.25, -0.2) is 14.4 Å². The molecule has 2 rings (SSSR count). The van der Waals surface area contributed by atoms with E-state index in [1.165, 1.54) is 12.1 Å². The summed E-state index contributed by atoms with van der Waals surface area (Å²) in [5.74, 6) is 1.24. The van der Waals surface area contributed by atoms with Gasteiger partial charge in [-0.05, 0) is 43.8 Å². The predicted octanol–water partition coefficient (Wildman–Crippen LogP) is 2.72. The maximum Gasteiger partial charge on any atom is 0.139 e. The summed E-state index contributed by atoms with van der Waals surface area (Å²) in [7, 11) is 0. The number of aromatic nitrogens is 2. The third-order valence-corrected chi connectivity index (χ3v) is 3.54. The molecular formula is C14H16FN3S. The van der Waals surface area contributed by atoms with E-state index in [1.54, 1.807) is 23.9 Å². The van der Waals surface area contributed by atoms with Crippen LogP contribution in [0.4, 0.5) is 4.39 Å². The van der Waals surface area contributed by atoms with Crippen molar-refractivity contribution in [3.05, 3.63) is 53.4 Å². The maximum atomic E-state index is 12.8. The lowest BCUT2D eigenvalue weighted by Crippen LogP contribution is -2.07. The van der Waals surface area contributed by atoms with Gasteiger partial charge in [0.1, 0.15) is 11.6 Å². The molecule has 2 aromatic rings. The molecule has 5 heteroatoms. The van der Waals surface area contributed by atoms with Crippen LogP contribution >= 0.6 is 11.8 Å². The largest absolute Gasteiger partial charge is 0.330 e. The van der Waals surface area contributed by atoms with Crippen LogP contribution in [0.1, 0.15) is 17.2 Å². The van der Waals surface area contributed by atoms with E-state index in [0.29, 0.717) is 12.3 Å². The van der Waals surface area contributed by atoms with Gasteiger partial charge < -0.3 is 5.73 Å². The SMILES string of the molecule is Cc1cc(CCN)nc(CSc2ccc(F)cc2)n1. The Kier molecular flexibility index (Phi) is 4.87. The van der Waals surface area contributed by atoms with E-state index in [9.17, 15) is 4.39 Å². The monoisotopic (exact) mass is 277 g/mol. The Bertz CT molecular complexity index is 543. The Morgan fingerprint density at radius 1 is 1.21 bits per heavy atom. The fourth-order valence-corrected chi connectivity index (χ4v) is 2.47. The van der Waals surface area contributed by atoms with Crippen molar-refractivity contribution in [3.63, 3.8) is 0 Å². The summed E-state index contributed by atoms with van der Waals surface area (Å²) in [5.41, 5.74) is 7.47. The molecule has 0 bridgehead atoms. The zero-order chi connectivity index (χ0) is 13.7. The molecule has 100 valence electrons. The second kappa shape index (κ2) is 6.63. The van der Waals surface area contributed by atoms with E-state index < -0.39 is 0 Å². The number of rotatable bonds is 5. The van der Waals surface area contributed by atoms with Gasteiger partial charge in [-0.1, -0.05) is 0 Å². The van der Waals surface area contributed by atoms with Crippen molar-refractivity contribution in [2.75, 3.05) is 6.54 Å². The fourth-order valence-electron chi connectivity index (χ4n) is 1.72. The number of nitrogens with zero attached hydrogens (tertiary/aromatic N) is 2. The quantitative estimate of drug-likeness (QED) is 0.854. The minimum atomic E-state index is -0.221. The highest BCUT2D eigenvalue weighted by molar-refractivity contribution is 7.98. The molecule has 3 nitrogen and oxygen atoms in total. The first-order chi connectivity index (χ1) is 9.17. The number of halogens is 1. The second-order valence-corrected chi connectivity index (χ2v) is 5.25. The fraction of sp³-hybridized carbons (Fsp3) is 0.286. The van der Waals surface area contributed by atoms with Crippen LogP contribution in [0.3, 0.4) is 0 Å². The van der Waals surface area contributed by atoms with Crippen LogP contribution in [-0.4, -0.2) is 16.5 Å². The number of benzene rings is 1. The molecule has 1 aromatic heterocycles. The Balaban J connectivity index is 2.04. The molecule has 1 aromatic carbocycles. The summed E-state index contributed by atoms with van der Waals surface area (Å²) >= 11 is 1.59. The Morgan fingerprint density at radius 2 is 1.95 bits per heavy atom. The average Bonchev–Trinajstić information content (AvgIpc) is 2.38. The summed E-state index contributed by atoms with van der Waals surface area (Å²) in [4.78, 5) is 9.88. The van der Waals surface area contributed by atoms with Crippen LogP contribution in [0, 0.1) is 12.7 Å². The summed E-state index contributed by atoms with van der Waals surface area (Å²) < 4.78 is 12.8. The first-order valence-corrected chi connectivity index (χ1v) is 7.08. The van der Waals surface area contributed by atoms with Crippen molar-refractivity contribution in [1.29, 1.82) is 0 Å². The van der Waals surface area contributed by atoms with Crippen molar-refractivity contribution >= 4 is 11.8 Å². The van der Waals surface area contributed by atoms with Gasteiger partial charge in [0.25, 0.3) is 0 Å². The number of hydrogen-bond acceptors (Lipinski definition) is 4. The average molecular weight is 277 g/mol. The molecule has 0 aliphatic heterocycles. The molecule has 1 heterocycles. The maximum absolute atomic E-state index is 12.8. The van der Waals surface area contributed by atoms with Gasteiger partial charge in [-0.15, -0.1) is 11.8 Å². The molecular weight excluding hydrogens is 261 g/mol. The third-order valence-electron chi connectivity index (χ3n) is 2.54. The number of nitrogens with two attached hydrogens (primary N) is 1. The van der Waals surface area contributed by atoms with Crippen LogP contribution in [-0.2, 0) is 12.2 Å². The van der Waals surface area contributed by atoms with E-state index in [2.05, 4.69) is 9.97 Å². The lowest BCUT2D eigenvalue weighted by molar-refractivity contribution is 0.626. The van der Waals surface area contributed by atoms with Gasteiger partial charge in [0.2, 0.25) is 0 Å². The molecule has 0 saturated heterocycles. The van der Waals surface area contributed by atoms with Gasteiger partial charge in [0.15, 0.2) is 0 Å². The van der Waals surface area contributed by atoms with Crippen LogP contribution in [0.15, 0.2) is 35.2 Å². The molecule has 0 saturated carbocycles. The van der Waals surface area contributed by atoms with Crippen molar-refractivity contribution in [2.45, 2.75) is 24.0 Å². The number of thioether (sulfide) groups is 1. The molecule has 19 heavy (non-hydrogen) atoms. The molecule has 0 unspecified atom stereocenters. The Morgan fingerprint density at radius 3 is 2.63 bits per heavy atom. The summed E-state index contributed by atoms with van der Waals surface area (Å²) in [6.07, 6.45) is 0.761. The topological polar surface area (TPSA) is 51.8 Å². The van der Waals surface area contributed by atoms with Crippen LogP contribution in [0.5, 0.6) is 0 Å². The van der Waals surface area contributed by atoms with E-state index in [1.807, 2.05) is 13.0 Å². The lowest BCUT2D eigenvalue weighted by Gasteiger charge is -2.05. The van der Waals surface area contributed by atoms with Crippen molar-refractivity contribution in [3.8, 4) is 0 Å². The number of hydrogen-bond donors (Lipinski definition) is 1. The zero-order valence-electron chi connectivity index (χ0n) is 10.8. The molecule has 0 aliphatic carbocycles. The first-order valence-electron chi connectivity index (χ1n) is 6.09. The van der Waals surface area contributed by atoms with E-state index in [4.69, 9.17) is 5.73 Å². The lowest BCUT2D eigenvalue weighted by atomic mass is 10.2. The van der Waals surface area contributed by atoms with Crippen molar-refractivity contribution in [2.24, 2.45) is 5.73 Å². The van der Waals surface area contributed by atoms with E-state index >= 15 is 0 Å². The normalized spacial score (nSPS) is 10.7. The van der Waals surface area contributed by atoms with Gasteiger partial charge >= 0.3 is 0 Å². The third kappa shape index (κ3) is 4.29. The Labute approximate surface area is 116 Å². The molecule has 0 aliphatic rings. The van der Waals surface area contributed by atoms with Gasteiger partial charge in [0.05, 0.1) is 5.75 Å². The van der Waals surface area contributed by atoms with Crippen molar-refractivity contribution in [1.82, 2.24) is 9.97 Å². The second-order valence-electron chi connectivity index (χ2n) is 4.20. The van der Waals surface area contributed by atoms with E-state index in [-0.39, 0.29) is 5.82 Å². The standard InChI is InChI=1S/C14H16FN3S/c1-10-8-12(6-7-16)18-14(17-10)9-19-13-4-2-11(15)3-5-13/h2-5,8H,6-7,9,16H2,1H3. The summed E-state index contributed by atoms with van der Waals surface area (Å²) in [6.45, 7) is 2.54. The Hall–Kier alpha value is -1.46. The molecule has 0 fully saturated rings. The minimum absolute atomic E-state index is 0.221. The molecule has 0 amide bonds. The predicted molar refractivity (Wildman–Crippen MR) is 75.5 cm³/mol. The molecule has 2 N–H and O–H groups in total. The van der Waals surface area contributed by atoms with Crippen LogP contribution in [0.25, 0.3) is 0 Å². The molecule has 0 spiro atoms. The number of aryl methyl sites for hydroxylation is 1. The van der Waals surface area contributed by atoms with Crippen LogP contribution < -0.4 is 5.73 Å².